The van der Waals surface area contributed by atoms with Crippen LogP contribution in [-0.4, -0.2) is 53.3 Å². The number of halogens is 3. The van der Waals surface area contributed by atoms with E-state index in [9.17, 15) is 18.4 Å². The Morgan fingerprint density at radius 1 is 1.29 bits per heavy atom. The van der Waals surface area contributed by atoms with Crippen LogP contribution in [0.25, 0.3) is 0 Å². The van der Waals surface area contributed by atoms with Gasteiger partial charge in [-0.1, -0.05) is 0 Å². The Hall–Kier alpha value is -0.840. The third-order valence-corrected chi connectivity index (χ3v) is 3.60. The van der Waals surface area contributed by atoms with E-state index in [1.807, 2.05) is 15.9 Å². The number of esters is 2. The topological polar surface area (TPSA) is 80.3 Å². The van der Waals surface area contributed by atoms with Crippen molar-refractivity contribution in [3.8, 4) is 0 Å². The van der Waals surface area contributed by atoms with Crippen molar-refractivity contribution in [2.45, 2.75) is 55.2 Å². The molecule has 0 aliphatic carbocycles. The molecule has 0 aromatic rings. The molecule has 0 radical (unpaired) electrons. The molecule has 118 valence electrons. The van der Waals surface area contributed by atoms with Gasteiger partial charge in [-0.25, -0.2) is 9.59 Å². The van der Waals surface area contributed by atoms with Crippen LogP contribution in [0.3, 0.4) is 0 Å². The van der Waals surface area contributed by atoms with Crippen LogP contribution in [0.2, 0.25) is 0 Å². The molecule has 3 saturated heterocycles. The molecule has 3 fully saturated rings. The molecular weight excluding hydrogens is 362 g/mol. The minimum absolute atomic E-state index is 0.692. The fourth-order valence-corrected chi connectivity index (χ4v) is 2.61. The van der Waals surface area contributed by atoms with Crippen molar-refractivity contribution < 1.29 is 42.1 Å². The third-order valence-electron chi connectivity index (χ3n) is 3.28. The molecule has 0 aromatic carbocycles. The van der Waals surface area contributed by atoms with Gasteiger partial charge in [0.1, 0.15) is 6.10 Å². The van der Waals surface area contributed by atoms with Gasteiger partial charge in [-0.05, 0) is 13.8 Å². The van der Waals surface area contributed by atoms with Gasteiger partial charge in [0.05, 0.1) is 0 Å². The number of hydrogen-bond donors (Lipinski definition) is 0. The first kappa shape index (κ1) is 15.1. The largest absolute Gasteiger partial charge is 0.454 e. The van der Waals surface area contributed by atoms with Gasteiger partial charge >= 0.3 is 16.8 Å². The second-order valence-electron chi connectivity index (χ2n) is 5.29. The number of rotatable bonds is 2. The van der Waals surface area contributed by atoms with Crippen molar-refractivity contribution in [3.05, 3.63) is 0 Å². The zero-order valence-electron chi connectivity index (χ0n) is 10.9. The molecule has 5 unspecified atom stereocenters. The van der Waals surface area contributed by atoms with E-state index in [4.69, 9.17) is 18.9 Å². The van der Waals surface area contributed by atoms with E-state index in [0.717, 1.165) is 0 Å². The zero-order valence-corrected chi connectivity index (χ0v) is 12.5. The van der Waals surface area contributed by atoms with E-state index in [2.05, 4.69) is 4.74 Å². The summed E-state index contributed by atoms with van der Waals surface area (Å²) in [5.74, 6) is -3.76. The first-order valence-electron chi connectivity index (χ1n) is 6.08. The Morgan fingerprint density at radius 2 is 1.95 bits per heavy atom. The summed E-state index contributed by atoms with van der Waals surface area (Å²) in [6.45, 7) is 3.31. The minimum atomic E-state index is -3.89. The summed E-state index contributed by atoms with van der Waals surface area (Å²) in [5.41, 5.74) is 0. The molecule has 0 saturated carbocycles. The first-order chi connectivity index (χ1) is 9.58. The molecule has 0 bridgehead atoms. The molecule has 3 aliphatic rings. The maximum absolute atomic E-state index is 12.8. The molecular formula is C11H11BrF2O7. The van der Waals surface area contributed by atoms with E-state index in [1.165, 1.54) is 0 Å². The van der Waals surface area contributed by atoms with E-state index in [1.54, 1.807) is 13.8 Å². The molecule has 21 heavy (non-hydrogen) atoms. The molecule has 3 heterocycles. The fourth-order valence-electron chi connectivity index (χ4n) is 2.51. The second-order valence-corrected chi connectivity index (χ2v) is 6.29. The van der Waals surface area contributed by atoms with Gasteiger partial charge in [0.15, 0.2) is 24.3 Å². The zero-order chi connectivity index (χ0) is 15.6. The quantitative estimate of drug-likeness (QED) is 0.521. The molecule has 10 heteroatoms. The lowest BCUT2D eigenvalue weighted by atomic mass is 10.1. The van der Waals surface area contributed by atoms with Crippen LogP contribution >= 0.6 is 15.9 Å². The number of carbonyl (C=O) groups is 2. The van der Waals surface area contributed by atoms with Crippen LogP contribution < -0.4 is 0 Å². The highest BCUT2D eigenvalue weighted by Gasteiger charge is 2.64. The Labute approximate surface area is 125 Å². The van der Waals surface area contributed by atoms with Gasteiger partial charge in [0, 0.05) is 15.9 Å². The van der Waals surface area contributed by atoms with Crippen LogP contribution in [0, 0.1) is 0 Å². The molecule has 5 atom stereocenters. The molecule has 0 aromatic heterocycles. The Balaban J connectivity index is 1.73. The van der Waals surface area contributed by atoms with Gasteiger partial charge < -0.3 is 23.7 Å². The van der Waals surface area contributed by atoms with Crippen molar-refractivity contribution in [3.63, 3.8) is 0 Å². The Kier molecular flexibility index (Phi) is 3.28. The van der Waals surface area contributed by atoms with Crippen molar-refractivity contribution in [1.29, 1.82) is 0 Å². The first-order valence-corrected chi connectivity index (χ1v) is 6.87. The van der Waals surface area contributed by atoms with Gasteiger partial charge in [-0.3, -0.25) is 0 Å². The van der Waals surface area contributed by atoms with E-state index in [-0.39, 0.29) is 0 Å². The number of fused-ring (bicyclic) bond motifs is 3. The predicted octanol–water partition coefficient (Wildman–Crippen LogP) is 0.688. The van der Waals surface area contributed by atoms with E-state index in [0.29, 0.717) is 0 Å². The summed E-state index contributed by atoms with van der Waals surface area (Å²) in [4.78, 5) is 18.9. The highest BCUT2D eigenvalue weighted by atomic mass is 79.9. The average molecular weight is 373 g/mol. The average Bonchev–Trinajstić information content (AvgIpc) is 2.87. The van der Waals surface area contributed by atoms with Crippen molar-refractivity contribution in [2.24, 2.45) is 0 Å². The van der Waals surface area contributed by atoms with E-state index >= 15 is 0 Å². The summed E-state index contributed by atoms with van der Waals surface area (Å²) in [5, 5.41) is 0. The maximum Gasteiger partial charge on any atom is 0.396 e. The Bertz CT molecular complexity index is 491. The van der Waals surface area contributed by atoms with Gasteiger partial charge in [-0.2, -0.15) is 8.78 Å². The number of ether oxygens (including phenoxy) is 5. The molecule has 3 aliphatic heterocycles. The maximum atomic E-state index is 12.8. The lowest BCUT2D eigenvalue weighted by Gasteiger charge is -2.22. The van der Waals surface area contributed by atoms with Crippen molar-refractivity contribution in [1.82, 2.24) is 0 Å². The van der Waals surface area contributed by atoms with Crippen LogP contribution in [0.1, 0.15) is 13.8 Å². The summed E-state index contributed by atoms with van der Waals surface area (Å²) in [6, 6.07) is 0. The molecule has 0 N–H and O–H groups in total. The molecule has 0 amide bonds. The van der Waals surface area contributed by atoms with Crippen LogP contribution in [0.15, 0.2) is 0 Å². The third kappa shape index (κ3) is 2.54. The highest BCUT2D eigenvalue weighted by molar-refractivity contribution is 9.10. The van der Waals surface area contributed by atoms with Crippen molar-refractivity contribution >= 4 is 27.9 Å². The monoisotopic (exact) mass is 372 g/mol. The Morgan fingerprint density at radius 3 is 2.57 bits per heavy atom. The number of hydrogen-bond acceptors (Lipinski definition) is 7. The molecule has 0 spiro atoms. The smallest absolute Gasteiger partial charge is 0.396 e. The molecule has 3 rings (SSSR count). The highest BCUT2D eigenvalue weighted by Crippen LogP contribution is 2.43. The van der Waals surface area contributed by atoms with Crippen LogP contribution in [0.5, 0.6) is 0 Å². The molecule has 7 nitrogen and oxygen atoms in total. The van der Waals surface area contributed by atoms with E-state index < -0.39 is 53.3 Å². The minimum Gasteiger partial charge on any atom is -0.454 e. The lowest BCUT2D eigenvalue weighted by Crippen LogP contribution is -2.40. The summed E-state index contributed by atoms with van der Waals surface area (Å²) in [6.07, 6.45) is -4.99. The summed E-state index contributed by atoms with van der Waals surface area (Å²) < 4.78 is 51.4. The number of carbonyl (C=O) groups excluding carboxylic acids is 2. The van der Waals surface area contributed by atoms with Gasteiger partial charge in [0.25, 0.3) is 0 Å². The lowest BCUT2D eigenvalue weighted by molar-refractivity contribution is -0.218. The van der Waals surface area contributed by atoms with Crippen molar-refractivity contribution in [2.75, 3.05) is 0 Å². The number of alkyl halides is 3. The standard InChI is InChI=1S/C11H11BrF2O7/c1-10(2)20-6-4-3(18-8(6)21-10)5(7(15)17-4)19-9(16)11(12,13)14/h3-6,8H,1-2H3. The SMILES string of the molecule is CC1(C)OC2OC3C(OC(=O)C(F)(F)Br)C(=O)OC3C2O1. The van der Waals surface area contributed by atoms with Gasteiger partial charge in [0.2, 0.25) is 6.10 Å². The van der Waals surface area contributed by atoms with Gasteiger partial charge in [-0.15, -0.1) is 0 Å². The summed E-state index contributed by atoms with van der Waals surface area (Å²) in [7, 11) is 0. The fraction of sp³-hybridized carbons (Fsp3) is 0.818. The van der Waals surface area contributed by atoms with Crippen LogP contribution in [0.4, 0.5) is 8.78 Å². The normalized spacial score (nSPS) is 40.6. The van der Waals surface area contributed by atoms with Crippen LogP contribution in [-0.2, 0) is 33.3 Å². The predicted molar refractivity (Wildman–Crippen MR) is 62.3 cm³/mol. The second kappa shape index (κ2) is 4.58. The summed E-state index contributed by atoms with van der Waals surface area (Å²) >= 11 is 1.86.